The Morgan fingerprint density at radius 3 is 2.71 bits per heavy atom. The number of carbonyl (C=O) groups excluding carboxylic acids is 1. The Morgan fingerprint density at radius 1 is 1.29 bits per heavy atom. The van der Waals surface area contributed by atoms with E-state index in [0.717, 1.165) is 24.6 Å². The molecule has 2 aromatic rings. The van der Waals surface area contributed by atoms with E-state index in [9.17, 15) is 4.79 Å². The molecule has 0 saturated heterocycles. The molecule has 3 atom stereocenters. The highest BCUT2D eigenvalue weighted by Gasteiger charge is 2.29. The molecule has 0 amide bonds. The molecule has 110 valence electrons. The van der Waals surface area contributed by atoms with Crippen LogP contribution in [0.5, 0.6) is 0 Å². The molecule has 1 aromatic heterocycles. The van der Waals surface area contributed by atoms with Crippen LogP contribution in [0.4, 0.5) is 0 Å². The summed E-state index contributed by atoms with van der Waals surface area (Å²) >= 11 is 0. The molecule has 0 N–H and O–H groups in total. The molecule has 4 heteroatoms. The molecular weight excluding hydrogens is 264 g/mol. The van der Waals surface area contributed by atoms with Crippen LogP contribution in [0.25, 0.3) is 0 Å². The lowest BCUT2D eigenvalue weighted by molar-refractivity contribution is 0.0951. The molecule has 1 saturated carbocycles. The van der Waals surface area contributed by atoms with Gasteiger partial charge in [-0.15, -0.1) is 0 Å². The number of ketones is 1. The molecule has 1 aromatic carbocycles. The second kappa shape index (κ2) is 5.80. The third kappa shape index (κ3) is 2.89. The summed E-state index contributed by atoms with van der Waals surface area (Å²) in [5.41, 5.74) is 0.680. The van der Waals surface area contributed by atoms with Crippen LogP contribution in [0.2, 0.25) is 0 Å². The maximum Gasteiger partial charge on any atom is 0.237 e. The van der Waals surface area contributed by atoms with Gasteiger partial charge in [0, 0.05) is 11.5 Å². The average molecular weight is 284 g/mol. The van der Waals surface area contributed by atoms with Crippen molar-refractivity contribution in [1.82, 2.24) is 10.1 Å². The lowest BCUT2D eigenvalue weighted by atomic mass is 9.99. The van der Waals surface area contributed by atoms with E-state index < -0.39 is 5.92 Å². The zero-order valence-electron chi connectivity index (χ0n) is 12.5. The van der Waals surface area contributed by atoms with Crippen LogP contribution in [0.1, 0.15) is 67.0 Å². The van der Waals surface area contributed by atoms with Crippen molar-refractivity contribution in [3.8, 4) is 0 Å². The summed E-state index contributed by atoms with van der Waals surface area (Å²) in [6.45, 7) is 4.08. The van der Waals surface area contributed by atoms with Gasteiger partial charge in [-0.1, -0.05) is 42.4 Å². The van der Waals surface area contributed by atoms with Gasteiger partial charge in [-0.2, -0.15) is 4.98 Å². The molecular formula is C17H20N2O2. The van der Waals surface area contributed by atoms with Gasteiger partial charge >= 0.3 is 0 Å². The summed E-state index contributed by atoms with van der Waals surface area (Å²) in [4.78, 5) is 16.9. The van der Waals surface area contributed by atoms with Gasteiger partial charge in [-0.05, 0) is 32.1 Å². The Morgan fingerprint density at radius 2 is 2.05 bits per heavy atom. The summed E-state index contributed by atoms with van der Waals surface area (Å²) < 4.78 is 5.33. The summed E-state index contributed by atoms with van der Waals surface area (Å²) in [6, 6.07) is 9.25. The highest BCUT2D eigenvalue weighted by Crippen LogP contribution is 2.36. The van der Waals surface area contributed by atoms with Gasteiger partial charge in [0.1, 0.15) is 0 Å². The quantitative estimate of drug-likeness (QED) is 0.797. The van der Waals surface area contributed by atoms with Gasteiger partial charge in [0.2, 0.25) is 5.89 Å². The second-order valence-electron chi connectivity index (χ2n) is 6.06. The number of carbonyl (C=O) groups is 1. The van der Waals surface area contributed by atoms with E-state index in [2.05, 4.69) is 17.1 Å². The van der Waals surface area contributed by atoms with E-state index in [1.807, 2.05) is 37.3 Å². The zero-order valence-corrected chi connectivity index (χ0v) is 12.5. The van der Waals surface area contributed by atoms with Gasteiger partial charge in [0.15, 0.2) is 11.6 Å². The van der Waals surface area contributed by atoms with Crippen molar-refractivity contribution in [2.75, 3.05) is 0 Å². The summed E-state index contributed by atoms with van der Waals surface area (Å²) in [7, 11) is 0. The van der Waals surface area contributed by atoms with Crippen LogP contribution < -0.4 is 0 Å². The van der Waals surface area contributed by atoms with Crippen LogP contribution in [0.3, 0.4) is 0 Å². The fraction of sp³-hybridized carbons (Fsp3) is 0.471. The van der Waals surface area contributed by atoms with Crippen molar-refractivity contribution in [3.05, 3.63) is 47.6 Å². The van der Waals surface area contributed by atoms with E-state index in [1.165, 1.54) is 6.42 Å². The SMILES string of the molecule is CC1CCC(c2noc(C(C)C(=O)c3ccccc3)n2)C1. The monoisotopic (exact) mass is 284 g/mol. The minimum atomic E-state index is -0.396. The fourth-order valence-corrected chi connectivity index (χ4v) is 3.00. The first-order chi connectivity index (χ1) is 10.1. The van der Waals surface area contributed by atoms with Crippen molar-refractivity contribution in [1.29, 1.82) is 0 Å². The molecule has 4 nitrogen and oxygen atoms in total. The minimum Gasteiger partial charge on any atom is -0.339 e. The molecule has 0 radical (unpaired) electrons. The van der Waals surface area contributed by atoms with Gasteiger partial charge in [0.25, 0.3) is 0 Å². The number of hydrogen-bond donors (Lipinski definition) is 0. The van der Waals surface area contributed by atoms with E-state index in [0.29, 0.717) is 17.4 Å². The van der Waals surface area contributed by atoms with Crippen molar-refractivity contribution in [2.24, 2.45) is 5.92 Å². The zero-order chi connectivity index (χ0) is 14.8. The second-order valence-corrected chi connectivity index (χ2v) is 6.06. The van der Waals surface area contributed by atoms with Crippen molar-refractivity contribution >= 4 is 5.78 Å². The molecule has 0 aliphatic heterocycles. The Kier molecular flexibility index (Phi) is 3.86. The third-order valence-corrected chi connectivity index (χ3v) is 4.34. The molecule has 21 heavy (non-hydrogen) atoms. The lowest BCUT2D eigenvalue weighted by Crippen LogP contribution is -2.10. The number of benzene rings is 1. The van der Waals surface area contributed by atoms with E-state index >= 15 is 0 Å². The van der Waals surface area contributed by atoms with Crippen LogP contribution in [0.15, 0.2) is 34.9 Å². The van der Waals surface area contributed by atoms with E-state index in [4.69, 9.17) is 4.52 Å². The van der Waals surface area contributed by atoms with Crippen molar-refractivity contribution in [2.45, 2.75) is 44.9 Å². The Labute approximate surface area is 124 Å². The van der Waals surface area contributed by atoms with Gasteiger partial charge in [-0.25, -0.2) is 0 Å². The molecule has 1 aliphatic carbocycles. The smallest absolute Gasteiger partial charge is 0.237 e. The minimum absolute atomic E-state index is 0.0191. The van der Waals surface area contributed by atoms with Gasteiger partial charge < -0.3 is 4.52 Å². The number of nitrogens with zero attached hydrogens (tertiary/aromatic N) is 2. The predicted octanol–water partition coefficient (Wildman–Crippen LogP) is 3.96. The first kappa shape index (κ1) is 14.0. The van der Waals surface area contributed by atoms with Gasteiger partial charge in [0.05, 0.1) is 5.92 Å². The van der Waals surface area contributed by atoms with E-state index in [1.54, 1.807) is 0 Å². The molecule has 1 heterocycles. The predicted molar refractivity (Wildman–Crippen MR) is 79.2 cm³/mol. The maximum absolute atomic E-state index is 12.4. The number of rotatable bonds is 4. The lowest BCUT2D eigenvalue weighted by Gasteiger charge is -2.05. The summed E-state index contributed by atoms with van der Waals surface area (Å²) in [5.74, 6) is 1.93. The summed E-state index contributed by atoms with van der Waals surface area (Å²) in [6.07, 6.45) is 3.44. The van der Waals surface area contributed by atoms with Crippen LogP contribution >= 0.6 is 0 Å². The number of Topliss-reactive ketones (excluding diaryl/α,β-unsaturated/α-hetero) is 1. The molecule has 3 unspecified atom stereocenters. The van der Waals surface area contributed by atoms with Crippen LogP contribution in [-0.2, 0) is 0 Å². The number of aromatic nitrogens is 2. The van der Waals surface area contributed by atoms with E-state index in [-0.39, 0.29) is 5.78 Å². The Hall–Kier alpha value is -1.97. The first-order valence-electron chi connectivity index (χ1n) is 7.58. The van der Waals surface area contributed by atoms with Gasteiger partial charge in [-0.3, -0.25) is 4.79 Å². The molecule has 0 bridgehead atoms. The van der Waals surface area contributed by atoms with Crippen molar-refractivity contribution in [3.63, 3.8) is 0 Å². The maximum atomic E-state index is 12.4. The first-order valence-corrected chi connectivity index (χ1v) is 7.58. The molecule has 1 fully saturated rings. The highest BCUT2D eigenvalue weighted by atomic mass is 16.5. The Balaban J connectivity index is 1.75. The third-order valence-electron chi connectivity index (χ3n) is 4.34. The molecule has 0 spiro atoms. The molecule has 1 aliphatic rings. The standard InChI is InChI=1S/C17H20N2O2/c1-11-8-9-14(10-11)16-18-17(21-19-16)12(2)15(20)13-6-4-3-5-7-13/h3-7,11-12,14H,8-10H2,1-2H3. The normalized spacial score (nSPS) is 23.1. The number of hydrogen-bond acceptors (Lipinski definition) is 4. The topological polar surface area (TPSA) is 56.0 Å². The fourth-order valence-electron chi connectivity index (χ4n) is 3.00. The summed E-state index contributed by atoms with van der Waals surface area (Å²) in [5, 5.41) is 4.09. The van der Waals surface area contributed by atoms with Crippen LogP contribution in [0, 0.1) is 5.92 Å². The largest absolute Gasteiger partial charge is 0.339 e. The highest BCUT2D eigenvalue weighted by molar-refractivity contribution is 6.00. The van der Waals surface area contributed by atoms with Crippen LogP contribution in [-0.4, -0.2) is 15.9 Å². The Bertz CT molecular complexity index is 621. The average Bonchev–Trinajstić information content (AvgIpc) is 3.15. The molecule has 3 rings (SSSR count). The van der Waals surface area contributed by atoms with Crippen molar-refractivity contribution < 1.29 is 9.32 Å².